The fourth-order valence-corrected chi connectivity index (χ4v) is 4.85. The second-order valence-electron chi connectivity index (χ2n) is 7.81. The van der Waals surface area contributed by atoms with E-state index < -0.39 is 10.0 Å². The first-order valence-corrected chi connectivity index (χ1v) is 11.6. The summed E-state index contributed by atoms with van der Waals surface area (Å²) >= 11 is 0. The van der Waals surface area contributed by atoms with Gasteiger partial charge in [-0.1, -0.05) is 60.2 Å². The normalized spacial score (nSPS) is 12.3. The Balaban J connectivity index is 1.95. The Hall–Kier alpha value is -3.12. The summed E-state index contributed by atoms with van der Waals surface area (Å²) in [5.74, 6) is -0.368. The summed E-state index contributed by atoms with van der Waals surface area (Å²) in [6.45, 7) is 7.22. The van der Waals surface area contributed by atoms with Crippen LogP contribution in [0, 0.1) is 20.8 Å². The predicted molar refractivity (Wildman–Crippen MR) is 125 cm³/mol. The highest BCUT2D eigenvalue weighted by atomic mass is 32.2. The van der Waals surface area contributed by atoms with E-state index in [0.717, 1.165) is 22.3 Å². The number of amides is 1. The molecule has 3 rings (SSSR count). The third-order valence-corrected chi connectivity index (χ3v) is 6.98. The maximum absolute atomic E-state index is 13.5. The van der Waals surface area contributed by atoms with Gasteiger partial charge in [0.05, 0.1) is 16.6 Å². The van der Waals surface area contributed by atoms with E-state index in [0.29, 0.717) is 5.69 Å². The van der Waals surface area contributed by atoms with E-state index in [1.54, 1.807) is 30.3 Å². The Kier molecular flexibility index (Phi) is 6.81. The average molecular weight is 437 g/mol. The highest BCUT2D eigenvalue weighted by Crippen LogP contribution is 2.28. The summed E-state index contributed by atoms with van der Waals surface area (Å²) in [6, 6.07) is 21.6. The van der Waals surface area contributed by atoms with E-state index in [4.69, 9.17) is 0 Å². The number of aryl methyl sites for hydroxylation is 3. The minimum atomic E-state index is -3.93. The number of hydrogen-bond donors (Lipinski definition) is 1. The lowest BCUT2D eigenvalue weighted by Gasteiger charge is -2.27. The van der Waals surface area contributed by atoms with E-state index in [2.05, 4.69) is 5.32 Å². The van der Waals surface area contributed by atoms with Crippen LogP contribution in [0.5, 0.6) is 0 Å². The molecule has 0 spiro atoms. The quantitative estimate of drug-likeness (QED) is 0.585. The molecule has 0 fully saturated rings. The third kappa shape index (κ3) is 5.33. The highest BCUT2D eigenvalue weighted by molar-refractivity contribution is 7.92. The molecule has 1 atom stereocenters. The molecule has 3 aromatic carbocycles. The summed E-state index contributed by atoms with van der Waals surface area (Å²) < 4.78 is 28.3. The molecule has 31 heavy (non-hydrogen) atoms. The minimum Gasteiger partial charge on any atom is -0.348 e. The van der Waals surface area contributed by atoms with Gasteiger partial charge in [-0.2, -0.15) is 0 Å². The van der Waals surface area contributed by atoms with Crippen molar-refractivity contribution in [2.45, 2.75) is 38.6 Å². The van der Waals surface area contributed by atoms with Crippen molar-refractivity contribution in [2.75, 3.05) is 10.8 Å². The van der Waals surface area contributed by atoms with Crippen molar-refractivity contribution in [3.63, 3.8) is 0 Å². The Bertz CT molecular complexity index is 1160. The molecule has 0 heterocycles. The predicted octanol–water partition coefficient (Wildman–Crippen LogP) is 4.68. The van der Waals surface area contributed by atoms with Gasteiger partial charge < -0.3 is 5.32 Å². The number of benzene rings is 3. The summed E-state index contributed by atoms with van der Waals surface area (Å²) in [7, 11) is -3.93. The Morgan fingerprint density at radius 3 is 2.16 bits per heavy atom. The molecule has 0 aromatic heterocycles. The molecule has 0 aliphatic heterocycles. The molecule has 0 aliphatic rings. The first kappa shape index (κ1) is 22.6. The first-order chi connectivity index (χ1) is 14.7. The number of carbonyl (C=O) groups excluding carboxylic acids is 1. The van der Waals surface area contributed by atoms with Gasteiger partial charge in [-0.25, -0.2) is 8.42 Å². The Labute approximate surface area is 184 Å². The summed E-state index contributed by atoms with van der Waals surface area (Å²) in [5.41, 5.74) is 4.12. The molecule has 0 saturated heterocycles. The SMILES string of the molecule is Cc1ccc(S(=O)(=O)N(CC(=O)NC(C)c2ccccc2)c2cc(C)ccc2C)cc1. The van der Waals surface area contributed by atoms with Crippen LogP contribution in [0.15, 0.2) is 77.7 Å². The van der Waals surface area contributed by atoms with Crippen LogP contribution in [0.1, 0.15) is 35.2 Å². The zero-order valence-corrected chi connectivity index (χ0v) is 19.1. The van der Waals surface area contributed by atoms with E-state index in [-0.39, 0.29) is 23.4 Å². The molecule has 3 aromatic rings. The maximum atomic E-state index is 13.5. The molecule has 162 valence electrons. The molecule has 1 amide bonds. The topological polar surface area (TPSA) is 66.5 Å². The van der Waals surface area contributed by atoms with E-state index in [1.165, 1.54) is 4.31 Å². The van der Waals surface area contributed by atoms with Gasteiger partial charge in [0.2, 0.25) is 5.91 Å². The van der Waals surface area contributed by atoms with E-state index in [1.807, 2.05) is 70.2 Å². The lowest BCUT2D eigenvalue weighted by atomic mass is 10.1. The lowest BCUT2D eigenvalue weighted by molar-refractivity contribution is -0.120. The van der Waals surface area contributed by atoms with Crippen LogP contribution in [-0.4, -0.2) is 20.9 Å². The van der Waals surface area contributed by atoms with Crippen LogP contribution < -0.4 is 9.62 Å². The number of rotatable bonds is 7. The van der Waals surface area contributed by atoms with Gasteiger partial charge in [-0.3, -0.25) is 9.10 Å². The third-order valence-electron chi connectivity index (χ3n) is 5.21. The summed E-state index contributed by atoms with van der Waals surface area (Å²) in [5, 5.41) is 2.92. The van der Waals surface area contributed by atoms with Crippen molar-refractivity contribution < 1.29 is 13.2 Å². The molecule has 0 radical (unpaired) electrons. The smallest absolute Gasteiger partial charge is 0.264 e. The zero-order valence-electron chi connectivity index (χ0n) is 18.3. The number of sulfonamides is 1. The van der Waals surface area contributed by atoms with Gasteiger partial charge in [-0.15, -0.1) is 0 Å². The number of nitrogens with zero attached hydrogens (tertiary/aromatic N) is 1. The molecule has 6 heteroatoms. The Morgan fingerprint density at radius 2 is 1.52 bits per heavy atom. The van der Waals surface area contributed by atoms with Crippen molar-refractivity contribution >= 4 is 21.6 Å². The van der Waals surface area contributed by atoms with Gasteiger partial charge in [0.1, 0.15) is 6.54 Å². The van der Waals surface area contributed by atoms with E-state index in [9.17, 15) is 13.2 Å². The maximum Gasteiger partial charge on any atom is 0.264 e. The molecular weight excluding hydrogens is 408 g/mol. The van der Waals surface area contributed by atoms with Gasteiger partial charge >= 0.3 is 0 Å². The van der Waals surface area contributed by atoms with Crippen LogP contribution in [-0.2, 0) is 14.8 Å². The molecule has 1 unspecified atom stereocenters. The molecule has 0 bridgehead atoms. The van der Waals surface area contributed by atoms with Crippen molar-refractivity contribution in [3.8, 4) is 0 Å². The van der Waals surface area contributed by atoms with Crippen molar-refractivity contribution in [2.24, 2.45) is 0 Å². The van der Waals surface area contributed by atoms with Crippen LogP contribution in [0.4, 0.5) is 5.69 Å². The highest BCUT2D eigenvalue weighted by Gasteiger charge is 2.28. The second kappa shape index (κ2) is 9.35. The summed E-state index contributed by atoms with van der Waals surface area (Å²) in [6.07, 6.45) is 0. The van der Waals surface area contributed by atoms with Crippen molar-refractivity contribution in [1.82, 2.24) is 5.32 Å². The second-order valence-corrected chi connectivity index (χ2v) is 9.68. The van der Waals surface area contributed by atoms with Crippen LogP contribution in [0.3, 0.4) is 0 Å². The molecular formula is C25H28N2O3S. The van der Waals surface area contributed by atoms with Gasteiger partial charge in [0.15, 0.2) is 0 Å². The van der Waals surface area contributed by atoms with Crippen LogP contribution >= 0.6 is 0 Å². The zero-order chi connectivity index (χ0) is 22.6. The number of nitrogens with one attached hydrogen (secondary N) is 1. The largest absolute Gasteiger partial charge is 0.348 e. The standard InChI is InChI=1S/C25H28N2O3S/c1-18-11-14-23(15-12-18)31(29,30)27(24-16-19(2)10-13-20(24)3)17-25(28)26-21(4)22-8-6-5-7-9-22/h5-16,21H,17H2,1-4H3,(H,26,28). The van der Waals surface area contributed by atoms with Gasteiger partial charge in [-0.05, 0) is 62.6 Å². The van der Waals surface area contributed by atoms with Crippen LogP contribution in [0.25, 0.3) is 0 Å². The first-order valence-electron chi connectivity index (χ1n) is 10.2. The summed E-state index contributed by atoms with van der Waals surface area (Å²) in [4.78, 5) is 13.1. The molecule has 0 saturated carbocycles. The molecule has 1 N–H and O–H groups in total. The number of carbonyl (C=O) groups is 1. The van der Waals surface area contributed by atoms with Gasteiger partial charge in [0, 0.05) is 0 Å². The van der Waals surface area contributed by atoms with Crippen LogP contribution in [0.2, 0.25) is 0 Å². The Morgan fingerprint density at radius 1 is 0.903 bits per heavy atom. The van der Waals surface area contributed by atoms with E-state index >= 15 is 0 Å². The fourth-order valence-electron chi connectivity index (χ4n) is 3.37. The molecule has 5 nitrogen and oxygen atoms in total. The minimum absolute atomic E-state index is 0.155. The van der Waals surface area contributed by atoms with Crippen molar-refractivity contribution in [1.29, 1.82) is 0 Å². The van der Waals surface area contributed by atoms with Gasteiger partial charge in [0.25, 0.3) is 10.0 Å². The number of anilines is 1. The number of hydrogen-bond acceptors (Lipinski definition) is 3. The monoisotopic (exact) mass is 436 g/mol. The molecule has 0 aliphatic carbocycles. The average Bonchev–Trinajstić information content (AvgIpc) is 2.74. The lowest BCUT2D eigenvalue weighted by Crippen LogP contribution is -2.42. The van der Waals surface area contributed by atoms with Crippen molar-refractivity contribution in [3.05, 3.63) is 95.1 Å². The fraction of sp³-hybridized carbons (Fsp3) is 0.240.